The Morgan fingerprint density at radius 3 is 2.43 bits per heavy atom. The Morgan fingerprint density at radius 2 is 1.57 bits per heavy atom. The van der Waals surface area contributed by atoms with Gasteiger partial charge in [-0.15, -0.1) is 10.2 Å². The van der Waals surface area contributed by atoms with Crippen LogP contribution in [0.4, 0.5) is 5.95 Å². The van der Waals surface area contributed by atoms with E-state index in [-0.39, 0.29) is 5.91 Å². The molecule has 7 nitrogen and oxygen atoms in total. The Hall–Kier alpha value is -3.97. The van der Waals surface area contributed by atoms with Gasteiger partial charge in [-0.2, -0.15) is 0 Å². The zero-order chi connectivity index (χ0) is 23.8. The number of amides is 1. The summed E-state index contributed by atoms with van der Waals surface area (Å²) in [6.45, 7) is 2.71. The molecule has 0 bridgehead atoms. The maximum absolute atomic E-state index is 13.1. The first-order chi connectivity index (χ1) is 17.2. The number of benzene rings is 3. The zero-order valence-electron chi connectivity index (χ0n) is 19.0. The predicted octanol–water partition coefficient (Wildman–Crippen LogP) is 4.95. The van der Waals surface area contributed by atoms with Crippen molar-refractivity contribution in [2.24, 2.45) is 0 Å². The van der Waals surface area contributed by atoms with E-state index in [1.54, 1.807) is 0 Å². The quantitative estimate of drug-likeness (QED) is 0.364. The van der Waals surface area contributed by atoms with E-state index in [9.17, 15) is 4.79 Å². The largest absolute Gasteiger partial charge is 0.340 e. The molecule has 0 N–H and O–H groups in total. The van der Waals surface area contributed by atoms with Crippen LogP contribution in [0.15, 0.2) is 78.9 Å². The summed E-state index contributed by atoms with van der Waals surface area (Å²) in [6.07, 6.45) is 0.831. The van der Waals surface area contributed by atoms with Crippen LogP contribution in [0.25, 0.3) is 27.9 Å². The van der Waals surface area contributed by atoms with Gasteiger partial charge in [0.2, 0.25) is 5.95 Å². The molecule has 5 aromatic rings. The maximum Gasteiger partial charge on any atom is 0.253 e. The predicted molar refractivity (Wildman–Crippen MR) is 138 cm³/mol. The van der Waals surface area contributed by atoms with E-state index in [0.29, 0.717) is 36.0 Å². The number of nitrogens with zero attached hydrogens (tertiary/aromatic N) is 6. The molecule has 0 unspecified atom stereocenters. The summed E-state index contributed by atoms with van der Waals surface area (Å²) in [6, 6.07) is 25.0. The molecular weight excluding hydrogens is 460 g/mol. The van der Waals surface area contributed by atoms with Gasteiger partial charge in [-0.1, -0.05) is 54.1 Å². The molecule has 0 atom stereocenters. The van der Waals surface area contributed by atoms with Crippen molar-refractivity contribution in [1.29, 1.82) is 0 Å². The number of halogens is 1. The number of hydrogen-bond donors (Lipinski definition) is 0. The van der Waals surface area contributed by atoms with Crippen molar-refractivity contribution in [3.8, 4) is 11.4 Å². The van der Waals surface area contributed by atoms with Crippen molar-refractivity contribution >= 4 is 40.0 Å². The number of anilines is 1. The highest BCUT2D eigenvalue weighted by atomic mass is 35.5. The highest BCUT2D eigenvalue weighted by Gasteiger charge is 2.25. The molecule has 1 aliphatic heterocycles. The van der Waals surface area contributed by atoms with Crippen molar-refractivity contribution < 1.29 is 4.79 Å². The minimum Gasteiger partial charge on any atom is -0.340 e. The van der Waals surface area contributed by atoms with Gasteiger partial charge in [0, 0.05) is 42.7 Å². The van der Waals surface area contributed by atoms with Crippen molar-refractivity contribution in [2.45, 2.75) is 6.42 Å². The van der Waals surface area contributed by atoms with Gasteiger partial charge in [-0.25, -0.2) is 9.38 Å². The molecule has 6 rings (SSSR count). The Balaban J connectivity index is 1.43. The van der Waals surface area contributed by atoms with Crippen molar-refractivity contribution in [3.05, 3.63) is 89.4 Å². The fraction of sp³-hybridized carbons (Fsp3) is 0.185. The van der Waals surface area contributed by atoms with Gasteiger partial charge in [0.05, 0.1) is 10.5 Å². The third-order valence-corrected chi connectivity index (χ3v) is 6.76. The van der Waals surface area contributed by atoms with E-state index in [0.717, 1.165) is 41.0 Å². The number of aromatic nitrogens is 4. The van der Waals surface area contributed by atoms with Crippen LogP contribution in [0.1, 0.15) is 16.8 Å². The van der Waals surface area contributed by atoms with Crippen LogP contribution in [0.5, 0.6) is 0 Å². The molecule has 0 spiro atoms. The average Bonchev–Trinajstić information content (AvgIpc) is 3.19. The molecule has 3 aromatic carbocycles. The maximum atomic E-state index is 13.1. The van der Waals surface area contributed by atoms with Gasteiger partial charge in [-0.3, -0.25) is 4.79 Å². The summed E-state index contributed by atoms with van der Waals surface area (Å²) in [5, 5.41) is 10.6. The minimum atomic E-state index is 0.0603. The molecule has 1 amide bonds. The SMILES string of the molecule is O=C(c1ccccc1)N1CCCN(c2nc3ccccc3c3nnc(-c4ccccc4Cl)n23)CC1. The molecule has 35 heavy (non-hydrogen) atoms. The first kappa shape index (κ1) is 21.6. The Labute approximate surface area is 207 Å². The monoisotopic (exact) mass is 482 g/mol. The van der Waals surface area contributed by atoms with Crippen LogP contribution in [0.3, 0.4) is 0 Å². The molecule has 1 aliphatic rings. The number of carbonyl (C=O) groups excluding carboxylic acids is 1. The third-order valence-electron chi connectivity index (χ3n) is 6.43. The molecule has 1 saturated heterocycles. The first-order valence-electron chi connectivity index (χ1n) is 11.7. The molecule has 0 saturated carbocycles. The Bertz CT molecular complexity index is 1530. The molecule has 1 fully saturated rings. The second-order valence-corrected chi connectivity index (χ2v) is 9.00. The van der Waals surface area contributed by atoms with E-state index < -0.39 is 0 Å². The van der Waals surface area contributed by atoms with Crippen LogP contribution in [0.2, 0.25) is 5.02 Å². The summed E-state index contributed by atoms with van der Waals surface area (Å²) in [7, 11) is 0. The van der Waals surface area contributed by atoms with Crippen LogP contribution < -0.4 is 4.90 Å². The van der Waals surface area contributed by atoms with Gasteiger partial charge in [-0.05, 0) is 42.8 Å². The fourth-order valence-corrected chi connectivity index (χ4v) is 4.90. The molecule has 174 valence electrons. The number of carbonyl (C=O) groups is 1. The van der Waals surface area contributed by atoms with Gasteiger partial charge in [0.25, 0.3) is 5.91 Å². The number of fused-ring (bicyclic) bond motifs is 3. The smallest absolute Gasteiger partial charge is 0.253 e. The zero-order valence-corrected chi connectivity index (χ0v) is 19.8. The lowest BCUT2D eigenvalue weighted by molar-refractivity contribution is 0.0767. The lowest BCUT2D eigenvalue weighted by Gasteiger charge is -2.24. The topological polar surface area (TPSA) is 66.6 Å². The summed E-state index contributed by atoms with van der Waals surface area (Å²) in [4.78, 5) is 22.3. The number of rotatable bonds is 3. The molecular formula is C27H23ClN6O. The minimum absolute atomic E-state index is 0.0603. The summed E-state index contributed by atoms with van der Waals surface area (Å²) in [5.74, 6) is 1.47. The molecule has 0 radical (unpaired) electrons. The summed E-state index contributed by atoms with van der Waals surface area (Å²) in [5.41, 5.74) is 3.11. The highest BCUT2D eigenvalue weighted by molar-refractivity contribution is 6.33. The second-order valence-electron chi connectivity index (χ2n) is 8.59. The van der Waals surface area contributed by atoms with Gasteiger partial charge >= 0.3 is 0 Å². The standard InChI is InChI=1S/C27H23ClN6O/c28-22-13-6-4-11-20(22)24-30-31-25-21-12-5-7-14-23(21)29-27(34(24)25)33-16-8-15-32(17-18-33)26(35)19-9-2-1-3-10-19/h1-7,9-14H,8,15-18H2. The van der Waals surface area contributed by atoms with E-state index in [2.05, 4.69) is 15.1 Å². The molecule has 8 heteroatoms. The summed E-state index contributed by atoms with van der Waals surface area (Å²) >= 11 is 6.55. The van der Waals surface area contributed by atoms with Gasteiger partial charge in [0.1, 0.15) is 0 Å². The third kappa shape index (κ3) is 3.88. The molecule has 2 aromatic heterocycles. The Morgan fingerprint density at radius 1 is 0.800 bits per heavy atom. The van der Waals surface area contributed by atoms with Crippen LogP contribution in [-0.2, 0) is 0 Å². The van der Waals surface area contributed by atoms with E-state index in [1.165, 1.54) is 0 Å². The normalized spacial score (nSPS) is 14.4. The van der Waals surface area contributed by atoms with E-state index in [1.807, 2.05) is 88.2 Å². The second kappa shape index (κ2) is 9.00. The fourth-order valence-electron chi connectivity index (χ4n) is 4.68. The lowest BCUT2D eigenvalue weighted by Crippen LogP contribution is -2.35. The van der Waals surface area contributed by atoms with Crippen LogP contribution >= 0.6 is 11.6 Å². The number of para-hydroxylation sites is 1. The number of hydrogen-bond acceptors (Lipinski definition) is 5. The van der Waals surface area contributed by atoms with Crippen LogP contribution in [-0.4, -0.2) is 56.6 Å². The summed E-state index contributed by atoms with van der Waals surface area (Å²) < 4.78 is 2.00. The Kier molecular flexibility index (Phi) is 5.54. The molecule has 3 heterocycles. The van der Waals surface area contributed by atoms with E-state index in [4.69, 9.17) is 16.6 Å². The lowest BCUT2D eigenvalue weighted by atomic mass is 10.2. The van der Waals surface area contributed by atoms with E-state index >= 15 is 0 Å². The van der Waals surface area contributed by atoms with Gasteiger partial charge in [0.15, 0.2) is 11.5 Å². The van der Waals surface area contributed by atoms with Crippen LogP contribution in [0, 0.1) is 0 Å². The van der Waals surface area contributed by atoms with Crippen molar-refractivity contribution in [3.63, 3.8) is 0 Å². The average molecular weight is 483 g/mol. The molecule has 0 aliphatic carbocycles. The highest BCUT2D eigenvalue weighted by Crippen LogP contribution is 2.32. The van der Waals surface area contributed by atoms with Crippen molar-refractivity contribution in [1.82, 2.24) is 24.5 Å². The van der Waals surface area contributed by atoms with Crippen molar-refractivity contribution in [2.75, 3.05) is 31.1 Å². The first-order valence-corrected chi connectivity index (χ1v) is 12.1. The van der Waals surface area contributed by atoms with Gasteiger partial charge < -0.3 is 9.80 Å².